The minimum absolute atomic E-state index is 0.305. The molecule has 1 aromatic heterocycles. The second-order valence-electron chi connectivity index (χ2n) is 2.93. The smallest absolute Gasteiger partial charge is 0.340 e. The number of hydrogen-bond donors (Lipinski definition) is 0. The van der Waals surface area contributed by atoms with E-state index in [1.165, 1.54) is 26.4 Å². The Labute approximate surface area is 112 Å². The van der Waals surface area contributed by atoms with Crippen LogP contribution in [-0.4, -0.2) is 31.1 Å². The summed E-state index contributed by atoms with van der Waals surface area (Å²) >= 11 is 2.03. The molecule has 0 aliphatic heterocycles. The molecule has 0 atom stereocenters. The molecular formula is C11H10INO4. The fraction of sp³-hybridized carbons (Fsp3) is 0.182. The molecule has 1 rings (SSSR count). The van der Waals surface area contributed by atoms with E-state index in [1.807, 2.05) is 22.6 Å². The van der Waals surface area contributed by atoms with E-state index in [-0.39, 0.29) is 0 Å². The highest BCUT2D eigenvalue weighted by Gasteiger charge is 2.12. The number of rotatable bonds is 3. The molecular weight excluding hydrogens is 337 g/mol. The fourth-order valence-electron chi connectivity index (χ4n) is 1.07. The molecule has 1 heterocycles. The quantitative estimate of drug-likeness (QED) is 0.473. The molecule has 1 aromatic rings. The summed E-state index contributed by atoms with van der Waals surface area (Å²) in [5, 5.41) is 0. The van der Waals surface area contributed by atoms with Crippen LogP contribution < -0.4 is 0 Å². The molecule has 0 bridgehead atoms. The maximum absolute atomic E-state index is 11.5. The Hall–Kier alpha value is -1.44. The Morgan fingerprint density at radius 3 is 2.65 bits per heavy atom. The Kier molecular flexibility index (Phi) is 5.08. The molecule has 0 N–H and O–H groups in total. The number of esters is 2. The lowest BCUT2D eigenvalue weighted by atomic mass is 10.2. The fourth-order valence-corrected chi connectivity index (χ4v) is 1.52. The maximum Gasteiger partial charge on any atom is 0.340 e. The van der Waals surface area contributed by atoms with Gasteiger partial charge in [-0.25, -0.2) is 9.59 Å². The van der Waals surface area contributed by atoms with Gasteiger partial charge in [0.1, 0.15) is 0 Å². The van der Waals surface area contributed by atoms with E-state index in [2.05, 4.69) is 14.5 Å². The summed E-state index contributed by atoms with van der Waals surface area (Å²) in [7, 11) is 2.56. The zero-order valence-electron chi connectivity index (χ0n) is 9.27. The summed E-state index contributed by atoms with van der Waals surface area (Å²) in [6, 6.07) is 1.64. The number of ether oxygens (including phenoxy) is 2. The molecule has 0 saturated heterocycles. The van der Waals surface area contributed by atoms with Gasteiger partial charge in [0, 0.05) is 15.8 Å². The van der Waals surface area contributed by atoms with E-state index in [1.54, 1.807) is 12.3 Å². The minimum atomic E-state index is -0.513. The zero-order chi connectivity index (χ0) is 12.8. The third-order valence-electron chi connectivity index (χ3n) is 1.87. The van der Waals surface area contributed by atoms with Crippen LogP contribution in [0, 0.1) is 3.57 Å². The third-order valence-corrected chi connectivity index (χ3v) is 2.46. The first-order valence-corrected chi connectivity index (χ1v) is 5.66. The number of hydrogen-bond acceptors (Lipinski definition) is 5. The molecule has 6 heteroatoms. The van der Waals surface area contributed by atoms with Gasteiger partial charge in [-0.1, -0.05) is 0 Å². The Bertz CT molecular complexity index is 471. The molecule has 0 radical (unpaired) electrons. The summed E-state index contributed by atoms with van der Waals surface area (Å²) in [6.07, 6.45) is 4.19. The molecule has 0 unspecified atom stereocenters. The van der Waals surface area contributed by atoms with Crippen LogP contribution in [0.5, 0.6) is 0 Å². The predicted molar refractivity (Wildman–Crippen MR) is 69.3 cm³/mol. The third kappa shape index (κ3) is 3.81. The standard InChI is InChI=1S/C11H10INO4/c1-16-10(14)4-3-9-8(11(15)17-2)5-7(12)6-13-9/h3-6H,1-2H3. The van der Waals surface area contributed by atoms with Gasteiger partial charge in [0.2, 0.25) is 0 Å². The summed E-state index contributed by atoms with van der Waals surface area (Å²) in [5.74, 6) is -1.01. The first kappa shape index (κ1) is 13.6. The van der Waals surface area contributed by atoms with Crippen LogP contribution in [0.25, 0.3) is 6.08 Å². The van der Waals surface area contributed by atoms with Crippen LogP contribution in [0.2, 0.25) is 0 Å². The number of carbonyl (C=O) groups is 2. The molecule has 0 aliphatic rings. The molecule has 90 valence electrons. The number of pyridine rings is 1. The van der Waals surface area contributed by atoms with E-state index < -0.39 is 11.9 Å². The average Bonchev–Trinajstić information content (AvgIpc) is 2.35. The number of halogens is 1. The molecule has 0 aromatic carbocycles. The van der Waals surface area contributed by atoms with Crippen LogP contribution >= 0.6 is 22.6 Å². The number of aromatic nitrogens is 1. The molecule has 0 spiro atoms. The summed E-state index contributed by atoms with van der Waals surface area (Å²) in [5.41, 5.74) is 0.669. The van der Waals surface area contributed by atoms with Gasteiger partial charge in [-0.15, -0.1) is 0 Å². The van der Waals surface area contributed by atoms with E-state index in [0.717, 1.165) is 3.57 Å². The minimum Gasteiger partial charge on any atom is -0.466 e. The van der Waals surface area contributed by atoms with Crippen molar-refractivity contribution in [3.8, 4) is 0 Å². The van der Waals surface area contributed by atoms with Crippen molar-refractivity contribution in [3.63, 3.8) is 0 Å². The molecule has 17 heavy (non-hydrogen) atoms. The van der Waals surface area contributed by atoms with Gasteiger partial charge in [0.05, 0.1) is 25.5 Å². The molecule has 0 aliphatic carbocycles. The zero-order valence-corrected chi connectivity index (χ0v) is 11.4. The van der Waals surface area contributed by atoms with Crippen molar-refractivity contribution in [2.24, 2.45) is 0 Å². The summed E-state index contributed by atoms with van der Waals surface area (Å²) < 4.78 is 9.89. The van der Waals surface area contributed by atoms with Crippen molar-refractivity contribution in [2.45, 2.75) is 0 Å². The first-order chi connectivity index (χ1) is 8.08. The highest BCUT2D eigenvalue weighted by molar-refractivity contribution is 14.1. The first-order valence-electron chi connectivity index (χ1n) is 4.58. The van der Waals surface area contributed by atoms with Gasteiger partial charge in [-0.05, 0) is 34.7 Å². The Morgan fingerprint density at radius 1 is 1.35 bits per heavy atom. The lowest BCUT2D eigenvalue weighted by Gasteiger charge is -2.03. The van der Waals surface area contributed by atoms with Crippen molar-refractivity contribution in [3.05, 3.63) is 33.2 Å². The van der Waals surface area contributed by atoms with E-state index in [4.69, 9.17) is 0 Å². The van der Waals surface area contributed by atoms with Crippen LogP contribution in [0.1, 0.15) is 16.1 Å². The van der Waals surface area contributed by atoms with Gasteiger partial charge in [0.15, 0.2) is 0 Å². The van der Waals surface area contributed by atoms with Crippen LogP contribution in [0.4, 0.5) is 0 Å². The van der Waals surface area contributed by atoms with Crippen molar-refractivity contribution < 1.29 is 19.1 Å². The van der Waals surface area contributed by atoms with E-state index >= 15 is 0 Å². The van der Waals surface area contributed by atoms with Gasteiger partial charge in [-0.2, -0.15) is 0 Å². The lowest BCUT2D eigenvalue weighted by molar-refractivity contribution is -0.134. The maximum atomic E-state index is 11.5. The largest absolute Gasteiger partial charge is 0.466 e. The Balaban J connectivity index is 3.10. The van der Waals surface area contributed by atoms with Crippen LogP contribution in [0.15, 0.2) is 18.3 Å². The predicted octanol–water partition coefficient (Wildman–Crippen LogP) is 1.66. The number of carbonyl (C=O) groups excluding carboxylic acids is 2. The van der Waals surface area contributed by atoms with E-state index in [9.17, 15) is 9.59 Å². The van der Waals surface area contributed by atoms with Gasteiger partial charge in [0.25, 0.3) is 0 Å². The van der Waals surface area contributed by atoms with Crippen molar-refractivity contribution >= 4 is 40.6 Å². The van der Waals surface area contributed by atoms with E-state index in [0.29, 0.717) is 11.3 Å². The lowest BCUT2D eigenvalue weighted by Crippen LogP contribution is -2.06. The van der Waals surface area contributed by atoms with Crippen molar-refractivity contribution in [1.82, 2.24) is 4.98 Å². The topological polar surface area (TPSA) is 65.5 Å². The molecule has 0 saturated carbocycles. The highest BCUT2D eigenvalue weighted by Crippen LogP contribution is 2.13. The second-order valence-corrected chi connectivity index (χ2v) is 4.18. The molecule has 0 amide bonds. The SMILES string of the molecule is COC(=O)C=Cc1ncc(I)cc1C(=O)OC. The van der Waals surface area contributed by atoms with Gasteiger partial charge >= 0.3 is 11.9 Å². The van der Waals surface area contributed by atoms with Crippen molar-refractivity contribution in [2.75, 3.05) is 14.2 Å². The normalized spacial score (nSPS) is 10.3. The van der Waals surface area contributed by atoms with Gasteiger partial charge in [-0.3, -0.25) is 4.98 Å². The van der Waals surface area contributed by atoms with Crippen LogP contribution in [0.3, 0.4) is 0 Å². The highest BCUT2D eigenvalue weighted by atomic mass is 127. The molecule has 5 nitrogen and oxygen atoms in total. The monoisotopic (exact) mass is 347 g/mol. The Morgan fingerprint density at radius 2 is 2.06 bits per heavy atom. The summed E-state index contributed by atoms with van der Waals surface area (Å²) in [4.78, 5) is 26.5. The number of nitrogens with zero attached hydrogens (tertiary/aromatic N) is 1. The van der Waals surface area contributed by atoms with Gasteiger partial charge < -0.3 is 9.47 Å². The summed E-state index contributed by atoms with van der Waals surface area (Å²) in [6.45, 7) is 0. The molecule has 0 fully saturated rings. The average molecular weight is 347 g/mol. The van der Waals surface area contributed by atoms with Crippen LogP contribution in [-0.2, 0) is 14.3 Å². The number of methoxy groups -OCH3 is 2. The van der Waals surface area contributed by atoms with Crippen molar-refractivity contribution in [1.29, 1.82) is 0 Å². The second kappa shape index (κ2) is 6.33.